The van der Waals surface area contributed by atoms with Gasteiger partial charge in [-0.3, -0.25) is 0 Å². The molecule has 100 valence electrons. The second kappa shape index (κ2) is 6.73. The molecular weight excluding hydrogens is 228 g/mol. The molecule has 1 atom stereocenters. The Hall–Kier alpha value is -1.10. The number of methoxy groups -OCH3 is 1. The molecule has 4 heteroatoms. The van der Waals surface area contributed by atoms with E-state index in [4.69, 9.17) is 4.74 Å². The minimum absolute atomic E-state index is 0.448. The predicted octanol–water partition coefficient (Wildman–Crippen LogP) is 1.02. The van der Waals surface area contributed by atoms with Gasteiger partial charge in [0.2, 0.25) is 0 Å². The average Bonchev–Trinajstić information content (AvgIpc) is 2.45. The summed E-state index contributed by atoms with van der Waals surface area (Å²) in [6.45, 7) is 5.16. The first kappa shape index (κ1) is 13.3. The predicted molar refractivity (Wildman–Crippen MR) is 71.9 cm³/mol. The molecule has 2 N–H and O–H groups in total. The highest BCUT2D eigenvalue weighted by Gasteiger charge is 2.15. The van der Waals surface area contributed by atoms with E-state index >= 15 is 0 Å². The smallest absolute Gasteiger partial charge is 0.124 e. The zero-order chi connectivity index (χ0) is 12.8. The highest BCUT2D eigenvalue weighted by Crippen LogP contribution is 2.26. The molecule has 1 fully saturated rings. The number of nitrogens with zero attached hydrogens (tertiary/aromatic N) is 1. The molecule has 0 amide bonds. The minimum Gasteiger partial charge on any atom is -0.496 e. The standard InChI is InChI=1S/C14H22N2O2/c1-18-14-5-3-2-4-12(14)13(17)6-9-16-10-7-15-8-11-16/h2-5,13,15,17H,6-11H2,1H3. The van der Waals surface area contributed by atoms with Crippen LogP contribution in [0.2, 0.25) is 0 Å². The lowest BCUT2D eigenvalue weighted by atomic mass is 10.1. The van der Waals surface area contributed by atoms with Gasteiger partial charge in [0.25, 0.3) is 0 Å². The zero-order valence-electron chi connectivity index (χ0n) is 10.9. The number of rotatable bonds is 5. The molecule has 1 aromatic rings. The van der Waals surface area contributed by atoms with E-state index in [0.29, 0.717) is 0 Å². The molecule has 2 rings (SSSR count). The maximum Gasteiger partial charge on any atom is 0.124 e. The maximum absolute atomic E-state index is 10.2. The van der Waals surface area contributed by atoms with Crippen LogP contribution in [-0.2, 0) is 0 Å². The third-order valence-electron chi connectivity index (χ3n) is 3.43. The second-order valence-electron chi connectivity index (χ2n) is 4.64. The van der Waals surface area contributed by atoms with Gasteiger partial charge in [-0.2, -0.15) is 0 Å². The fourth-order valence-electron chi connectivity index (χ4n) is 2.34. The van der Waals surface area contributed by atoms with Gasteiger partial charge >= 0.3 is 0 Å². The van der Waals surface area contributed by atoms with E-state index in [2.05, 4.69) is 10.2 Å². The van der Waals surface area contributed by atoms with Crippen LogP contribution in [-0.4, -0.2) is 49.8 Å². The molecule has 1 saturated heterocycles. The molecule has 0 radical (unpaired) electrons. The van der Waals surface area contributed by atoms with Crippen molar-refractivity contribution < 1.29 is 9.84 Å². The first-order valence-corrected chi connectivity index (χ1v) is 6.55. The first-order valence-electron chi connectivity index (χ1n) is 6.55. The fourth-order valence-corrected chi connectivity index (χ4v) is 2.34. The number of para-hydroxylation sites is 1. The van der Waals surface area contributed by atoms with Crippen molar-refractivity contribution in [3.63, 3.8) is 0 Å². The molecule has 1 unspecified atom stereocenters. The van der Waals surface area contributed by atoms with E-state index in [-0.39, 0.29) is 0 Å². The summed E-state index contributed by atoms with van der Waals surface area (Å²) in [7, 11) is 1.64. The van der Waals surface area contributed by atoms with E-state index in [0.717, 1.165) is 50.5 Å². The number of hydrogen-bond acceptors (Lipinski definition) is 4. The zero-order valence-corrected chi connectivity index (χ0v) is 10.9. The first-order chi connectivity index (χ1) is 8.81. The lowest BCUT2D eigenvalue weighted by Gasteiger charge is -2.28. The van der Waals surface area contributed by atoms with Crippen molar-refractivity contribution in [2.75, 3.05) is 39.8 Å². The topological polar surface area (TPSA) is 44.7 Å². The van der Waals surface area contributed by atoms with Crippen LogP contribution in [0.4, 0.5) is 0 Å². The third kappa shape index (κ3) is 3.45. The number of piperazine rings is 1. The SMILES string of the molecule is COc1ccccc1C(O)CCN1CCNCC1. The van der Waals surface area contributed by atoms with Crippen molar-refractivity contribution >= 4 is 0 Å². The van der Waals surface area contributed by atoms with Gasteiger partial charge in [-0.1, -0.05) is 18.2 Å². The molecular formula is C14H22N2O2. The highest BCUT2D eigenvalue weighted by molar-refractivity contribution is 5.34. The molecule has 1 aliphatic rings. The number of nitrogens with one attached hydrogen (secondary N) is 1. The molecule has 0 saturated carbocycles. The number of benzene rings is 1. The van der Waals surface area contributed by atoms with E-state index in [1.807, 2.05) is 24.3 Å². The van der Waals surface area contributed by atoms with Crippen molar-refractivity contribution in [3.8, 4) is 5.75 Å². The van der Waals surface area contributed by atoms with Gasteiger partial charge in [-0.15, -0.1) is 0 Å². The van der Waals surface area contributed by atoms with Gasteiger partial charge in [0.05, 0.1) is 13.2 Å². The number of aliphatic hydroxyl groups excluding tert-OH is 1. The normalized spacial score (nSPS) is 18.6. The van der Waals surface area contributed by atoms with E-state index in [1.54, 1.807) is 7.11 Å². The van der Waals surface area contributed by atoms with Crippen LogP contribution in [0, 0.1) is 0 Å². The quantitative estimate of drug-likeness (QED) is 0.819. The van der Waals surface area contributed by atoms with Crippen LogP contribution < -0.4 is 10.1 Å². The molecule has 18 heavy (non-hydrogen) atoms. The van der Waals surface area contributed by atoms with Gasteiger partial charge in [0.1, 0.15) is 5.75 Å². The number of hydrogen-bond donors (Lipinski definition) is 2. The van der Waals surface area contributed by atoms with Gasteiger partial charge in [-0.25, -0.2) is 0 Å². The van der Waals surface area contributed by atoms with Crippen molar-refractivity contribution in [1.29, 1.82) is 0 Å². The number of aliphatic hydroxyl groups is 1. The van der Waals surface area contributed by atoms with Crippen LogP contribution >= 0.6 is 0 Å². The Morgan fingerprint density at radius 2 is 2.06 bits per heavy atom. The molecule has 0 bridgehead atoms. The summed E-state index contributed by atoms with van der Waals surface area (Å²) in [5.74, 6) is 0.769. The molecule has 1 aromatic carbocycles. The summed E-state index contributed by atoms with van der Waals surface area (Å²) in [6, 6.07) is 7.68. The molecule has 0 aromatic heterocycles. The summed E-state index contributed by atoms with van der Waals surface area (Å²) >= 11 is 0. The van der Waals surface area contributed by atoms with Crippen LogP contribution in [0.1, 0.15) is 18.1 Å². The summed E-state index contributed by atoms with van der Waals surface area (Å²) in [6.07, 6.45) is 0.302. The largest absolute Gasteiger partial charge is 0.496 e. The van der Waals surface area contributed by atoms with Crippen LogP contribution in [0.25, 0.3) is 0 Å². The Morgan fingerprint density at radius 1 is 1.33 bits per heavy atom. The molecule has 1 heterocycles. The Balaban J connectivity index is 1.88. The summed E-state index contributed by atoms with van der Waals surface area (Å²) in [5.41, 5.74) is 0.884. The Kier molecular flexibility index (Phi) is 4.99. The van der Waals surface area contributed by atoms with Gasteiger partial charge in [0, 0.05) is 38.3 Å². The molecule has 4 nitrogen and oxygen atoms in total. The monoisotopic (exact) mass is 250 g/mol. The van der Waals surface area contributed by atoms with E-state index in [1.165, 1.54) is 0 Å². The lowest BCUT2D eigenvalue weighted by molar-refractivity contribution is 0.134. The summed E-state index contributed by atoms with van der Waals surface area (Å²) in [5, 5.41) is 13.6. The molecule has 0 aliphatic carbocycles. The fraction of sp³-hybridized carbons (Fsp3) is 0.571. The van der Waals surface area contributed by atoms with Gasteiger partial charge < -0.3 is 20.1 Å². The van der Waals surface area contributed by atoms with Crippen LogP contribution in [0.15, 0.2) is 24.3 Å². The highest BCUT2D eigenvalue weighted by atomic mass is 16.5. The van der Waals surface area contributed by atoms with Crippen LogP contribution in [0.3, 0.4) is 0 Å². The Labute approximate surface area is 109 Å². The van der Waals surface area contributed by atoms with E-state index < -0.39 is 6.10 Å². The van der Waals surface area contributed by atoms with Crippen molar-refractivity contribution in [1.82, 2.24) is 10.2 Å². The summed E-state index contributed by atoms with van der Waals surface area (Å²) < 4.78 is 5.27. The summed E-state index contributed by atoms with van der Waals surface area (Å²) in [4.78, 5) is 2.38. The van der Waals surface area contributed by atoms with E-state index in [9.17, 15) is 5.11 Å². The van der Waals surface area contributed by atoms with Gasteiger partial charge in [0.15, 0.2) is 0 Å². The van der Waals surface area contributed by atoms with Crippen molar-refractivity contribution in [2.24, 2.45) is 0 Å². The lowest BCUT2D eigenvalue weighted by Crippen LogP contribution is -2.44. The third-order valence-corrected chi connectivity index (χ3v) is 3.43. The van der Waals surface area contributed by atoms with Gasteiger partial charge in [-0.05, 0) is 12.5 Å². The van der Waals surface area contributed by atoms with Crippen molar-refractivity contribution in [2.45, 2.75) is 12.5 Å². The molecule has 0 spiro atoms. The Morgan fingerprint density at radius 3 is 2.78 bits per heavy atom. The molecule has 1 aliphatic heterocycles. The van der Waals surface area contributed by atoms with Crippen molar-refractivity contribution in [3.05, 3.63) is 29.8 Å². The maximum atomic E-state index is 10.2. The van der Waals surface area contributed by atoms with Crippen LogP contribution in [0.5, 0.6) is 5.75 Å². The minimum atomic E-state index is -0.448. The number of ether oxygens (including phenoxy) is 1. The Bertz CT molecular complexity index is 365. The second-order valence-corrected chi connectivity index (χ2v) is 4.64. The average molecular weight is 250 g/mol.